The second-order valence-corrected chi connectivity index (χ2v) is 34.3. The van der Waals surface area contributed by atoms with Gasteiger partial charge >= 0.3 is 0 Å². The fraction of sp³-hybridized carbons (Fsp3) is 0.00885. The minimum Gasteiger partial charge on any atom is -0.309 e. The van der Waals surface area contributed by atoms with Crippen molar-refractivity contribution in [2.45, 2.75) is 6.42 Å². The molecule has 26 rings (SSSR count). The summed E-state index contributed by atoms with van der Waals surface area (Å²) in [6, 6.07) is 147. The minimum absolute atomic E-state index is 0.573. The van der Waals surface area contributed by atoms with Crippen molar-refractivity contribution < 1.29 is 0 Å². The van der Waals surface area contributed by atoms with E-state index in [9.17, 15) is 0 Å². The topological polar surface area (TPSA) is 66.3 Å². The van der Waals surface area contributed by atoms with Gasteiger partial charge in [0.15, 0.2) is 4.73 Å². The molecule has 25 aromatic rings. The Bertz CT molecular complexity index is 8520. The smallest absolute Gasteiger partial charge is 0.235 e. The van der Waals surface area contributed by atoms with E-state index in [4.69, 9.17) is 15.0 Å². The third-order valence-corrected chi connectivity index (χ3v) is 27.4. The van der Waals surface area contributed by atoms with Gasteiger partial charge in [0, 0.05) is 117 Å². The first-order valence-electron chi connectivity index (χ1n) is 41.5. The van der Waals surface area contributed by atoms with Gasteiger partial charge in [0.2, 0.25) is 5.95 Å². The number of fused-ring (bicyclic) bond motifs is 26. The molecule has 1 aliphatic rings. The third-order valence-electron chi connectivity index (χ3n) is 24.6. The van der Waals surface area contributed by atoms with Crippen LogP contribution < -0.4 is 0 Å². The number of halogens is 1. The maximum Gasteiger partial charge on any atom is 0.235 e. The molecule has 0 radical (unpaired) electrons. The highest BCUT2D eigenvalue weighted by Gasteiger charge is 2.28. The van der Waals surface area contributed by atoms with Gasteiger partial charge in [-0.15, -0.1) is 22.7 Å². The second kappa shape index (κ2) is 29.7. The van der Waals surface area contributed by atoms with E-state index in [1.54, 1.807) is 0 Å². The summed E-state index contributed by atoms with van der Waals surface area (Å²) < 4.78 is 13.0. The molecule has 0 saturated carbocycles. The predicted molar refractivity (Wildman–Crippen MR) is 523 cm³/mol. The molecule has 0 N–H and O–H groups in total. The maximum atomic E-state index is 5.59. The standard InChI is InChI=1S/C56H34N4S.C34H22BrN3.C23H14S/c1-3-15-35(16-4-1)36-27-29-37(30-28-36)46-34-47(38-31-32-50-45(33-38)40-19-9-12-24-48(40)59(50)39-17-5-2-6-18-39)58-56(57-46)60-49-25-13-10-22-43(49)52-41-20-7-8-21-42(41)55-53(54(52)60)44-23-11-14-26-51(44)61-55;35-34-36-30(25-17-15-24(16-18-25)23-9-3-1-4-10-23)22-31(37-34)26-19-20-33-29(21-26)28-13-7-8-14-32(28)38(33)27-11-5-2-6-12-27;1-2-8-15-14(7-1)13-19-21(15)16-9-3-4-10-17(16)23-22(19)18-11-5-6-12-20(18)24-23/h1-34H;1-22H;1-12H,13H2. The summed E-state index contributed by atoms with van der Waals surface area (Å²) in [6.45, 7) is 0. The van der Waals surface area contributed by atoms with Crippen molar-refractivity contribution in [1.29, 1.82) is 0 Å². The van der Waals surface area contributed by atoms with Gasteiger partial charge in [-0.25, -0.2) is 19.9 Å². The van der Waals surface area contributed by atoms with Crippen molar-refractivity contribution in [2.24, 2.45) is 0 Å². The van der Waals surface area contributed by atoms with Crippen molar-refractivity contribution in [1.82, 2.24) is 33.6 Å². The average Bonchev–Trinajstić information content (AvgIpc) is 1.52. The number of hydrogen-bond acceptors (Lipinski definition) is 6. The molecule has 0 atom stereocenters. The molecule has 123 heavy (non-hydrogen) atoms. The van der Waals surface area contributed by atoms with Gasteiger partial charge < -0.3 is 9.13 Å². The Hall–Kier alpha value is -15.0. The maximum absolute atomic E-state index is 5.59. The first kappa shape index (κ1) is 72.0. The zero-order valence-corrected chi connectivity index (χ0v) is 69.5. The average molecular weight is 1670 g/mol. The van der Waals surface area contributed by atoms with Crippen LogP contribution in [-0.4, -0.2) is 33.6 Å². The molecule has 7 heterocycles. The Labute approximate surface area is 724 Å². The van der Waals surface area contributed by atoms with Crippen molar-refractivity contribution >= 4 is 166 Å². The molecule has 7 nitrogen and oxygen atoms in total. The number of nitrogens with zero attached hydrogens (tertiary/aromatic N) is 7. The van der Waals surface area contributed by atoms with Crippen LogP contribution in [0.5, 0.6) is 0 Å². The van der Waals surface area contributed by atoms with E-state index in [0.717, 1.165) is 79.4 Å². The molecule has 0 amide bonds. The number of hydrogen-bond donors (Lipinski definition) is 0. The van der Waals surface area contributed by atoms with Crippen LogP contribution in [0.1, 0.15) is 11.1 Å². The van der Waals surface area contributed by atoms with Crippen molar-refractivity contribution in [2.75, 3.05) is 0 Å². The molecule has 7 aromatic heterocycles. The van der Waals surface area contributed by atoms with Crippen LogP contribution in [-0.2, 0) is 6.42 Å². The zero-order valence-electron chi connectivity index (χ0n) is 66.3. The van der Waals surface area contributed by atoms with Crippen molar-refractivity contribution in [3.05, 3.63) is 428 Å². The molecular formula is C113H70BrN7S2. The highest BCUT2D eigenvalue weighted by Crippen LogP contribution is 2.52. The summed E-state index contributed by atoms with van der Waals surface area (Å²) in [6.07, 6.45) is 1.05. The molecule has 576 valence electrons. The Balaban J connectivity index is 0.000000116. The monoisotopic (exact) mass is 1670 g/mol. The van der Waals surface area contributed by atoms with Gasteiger partial charge in [0.05, 0.1) is 55.9 Å². The second-order valence-electron chi connectivity index (χ2n) is 31.5. The van der Waals surface area contributed by atoms with Gasteiger partial charge in [-0.1, -0.05) is 322 Å². The number of aromatic nitrogens is 7. The molecule has 0 aliphatic heterocycles. The summed E-state index contributed by atoms with van der Waals surface area (Å²) in [7, 11) is 0. The van der Waals surface area contributed by atoms with Crippen LogP contribution in [0.2, 0.25) is 0 Å². The Morgan fingerprint density at radius 3 is 1.14 bits per heavy atom. The Kier molecular flexibility index (Phi) is 17.4. The molecule has 0 spiro atoms. The van der Waals surface area contributed by atoms with Gasteiger partial charge in [0.1, 0.15) is 0 Å². The zero-order chi connectivity index (χ0) is 81.2. The summed E-state index contributed by atoms with van der Waals surface area (Å²) in [5.41, 5.74) is 27.4. The Morgan fingerprint density at radius 2 is 0.602 bits per heavy atom. The van der Waals surface area contributed by atoms with E-state index in [0.29, 0.717) is 10.7 Å². The lowest BCUT2D eigenvalue weighted by Crippen LogP contribution is -2.04. The summed E-state index contributed by atoms with van der Waals surface area (Å²) in [4.78, 5) is 20.6. The number of para-hydroxylation sites is 5. The SMILES string of the molecule is Brc1nc(-c2ccc(-c3ccccc3)cc2)cc(-c2ccc3c(c2)c2ccccc2n3-c2ccccc2)n1.c1ccc(-c2ccc(-c3cc(-c4ccc5c(c4)c4ccccc4n5-c4ccccc4)nc(-n4c5ccccc5c5c6ccccc6c6sc7ccccc7c6c54)n3)cc2)cc1.c1ccc2c(c1)Cc1c-2c2ccccc2c2sc3ccccc3c12. The number of benzene rings is 18. The van der Waals surface area contributed by atoms with E-state index < -0.39 is 0 Å². The minimum atomic E-state index is 0.573. The molecule has 0 bridgehead atoms. The largest absolute Gasteiger partial charge is 0.309 e. The van der Waals surface area contributed by atoms with E-state index in [2.05, 4.69) is 441 Å². The molecule has 0 unspecified atom stereocenters. The highest BCUT2D eigenvalue weighted by molar-refractivity contribution is 9.10. The van der Waals surface area contributed by atoms with Crippen LogP contribution in [0.25, 0.3) is 223 Å². The normalized spacial score (nSPS) is 11.9. The van der Waals surface area contributed by atoms with Gasteiger partial charge in [-0.05, 0) is 169 Å². The van der Waals surface area contributed by atoms with E-state index in [1.807, 2.05) is 28.7 Å². The quantitative estimate of drug-likeness (QED) is 0.135. The summed E-state index contributed by atoms with van der Waals surface area (Å²) in [5, 5.41) is 17.9. The number of rotatable bonds is 9. The van der Waals surface area contributed by atoms with Crippen LogP contribution in [0.15, 0.2) is 417 Å². The van der Waals surface area contributed by atoms with E-state index >= 15 is 0 Å². The fourth-order valence-electron chi connectivity index (χ4n) is 19.1. The molecule has 10 heteroatoms. The molecule has 0 fully saturated rings. The van der Waals surface area contributed by atoms with E-state index in [1.165, 1.54) is 155 Å². The molecular weight excluding hydrogens is 1600 g/mol. The predicted octanol–water partition coefficient (Wildman–Crippen LogP) is 31.3. The number of thiophene rings is 2. The lowest BCUT2D eigenvalue weighted by atomic mass is 9.94. The van der Waals surface area contributed by atoms with Crippen LogP contribution >= 0.6 is 38.6 Å². The first-order valence-corrected chi connectivity index (χ1v) is 44.0. The lowest BCUT2D eigenvalue weighted by molar-refractivity contribution is 0.998. The summed E-state index contributed by atoms with van der Waals surface area (Å²) >= 11 is 7.36. The summed E-state index contributed by atoms with van der Waals surface area (Å²) in [5.74, 6) is 0.643. The van der Waals surface area contributed by atoms with Crippen LogP contribution in [0.3, 0.4) is 0 Å². The van der Waals surface area contributed by atoms with Crippen LogP contribution in [0.4, 0.5) is 0 Å². The highest BCUT2D eigenvalue weighted by atomic mass is 79.9. The third kappa shape index (κ3) is 12.2. The van der Waals surface area contributed by atoms with Crippen molar-refractivity contribution in [3.63, 3.8) is 0 Å². The molecule has 1 aliphatic carbocycles. The van der Waals surface area contributed by atoms with E-state index in [-0.39, 0.29) is 0 Å². The fourth-order valence-corrected chi connectivity index (χ4v) is 22.0. The van der Waals surface area contributed by atoms with Crippen molar-refractivity contribution in [3.8, 4) is 95.7 Å². The van der Waals surface area contributed by atoms with Crippen LogP contribution in [0, 0.1) is 0 Å². The van der Waals surface area contributed by atoms with Gasteiger partial charge in [-0.3, -0.25) is 4.57 Å². The lowest BCUT2D eigenvalue weighted by Gasteiger charge is -2.13. The molecule has 0 saturated heterocycles. The van der Waals surface area contributed by atoms with Gasteiger partial charge in [0.25, 0.3) is 0 Å². The first-order chi connectivity index (χ1) is 60.9. The molecule has 18 aromatic carbocycles. The van der Waals surface area contributed by atoms with Gasteiger partial charge in [-0.2, -0.15) is 0 Å². The Morgan fingerprint density at radius 1 is 0.244 bits per heavy atom.